The predicted molar refractivity (Wildman–Crippen MR) is 209 cm³/mol. The first-order valence-corrected chi connectivity index (χ1v) is 16.7. The fourth-order valence-electron chi connectivity index (χ4n) is 5.30. The summed E-state index contributed by atoms with van der Waals surface area (Å²) in [4.78, 5) is 12.6. The molecule has 8 rings (SSSR count). The zero-order valence-corrected chi connectivity index (χ0v) is 31.1. The van der Waals surface area contributed by atoms with E-state index in [9.17, 15) is 0 Å². The molecule has 0 saturated carbocycles. The van der Waals surface area contributed by atoms with Crippen LogP contribution in [0.15, 0.2) is 115 Å². The standard InChI is InChI=1S/C12H12.C11H11N.C10H10N2.2C4H9N3/c1-9-6-7-11-5-3-4-10(2)12(11)8-9;1-8-3-4-11-10(7-8)9(2)5-6-12-11;1-7-3-4-10-9(5-7)8(2)11-6-12-10;2*1-4-3-7(2)6-5-4/h3-8H,1-2H3;3-7H,1-2H3;3-6H,1-2H3;2*3,5-6H,1-2H3. The van der Waals surface area contributed by atoms with E-state index in [0.717, 1.165) is 33.5 Å². The molecule has 0 fully saturated rings. The van der Waals surface area contributed by atoms with Gasteiger partial charge in [-0.3, -0.25) is 15.0 Å². The monoisotopic (exact) mass is 669 g/mol. The van der Waals surface area contributed by atoms with Gasteiger partial charge in [0.2, 0.25) is 0 Å². The van der Waals surface area contributed by atoms with Crippen molar-refractivity contribution in [3.8, 4) is 0 Å². The maximum absolute atomic E-state index is 4.28. The van der Waals surface area contributed by atoms with E-state index in [2.05, 4.69) is 138 Å². The SMILES string of the molecule is CC1=CN(C)NN1.CC1=CN(C)NN1.Cc1ccc2cccc(C)c2c1.Cc1ccc2nccc(C)c2c1.Cc1ccc2ncnc(C)c2c1. The molecule has 0 radical (unpaired) electrons. The third kappa shape index (κ3) is 11.0. The Kier molecular flexibility index (Phi) is 13.3. The number of aryl methyl sites for hydroxylation is 6. The minimum Gasteiger partial charge on any atom is -0.307 e. The third-order valence-electron chi connectivity index (χ3n) is 7.99. The number of fused-ring (bicyclic) bond motifs is 3. The van der Waals surface area contributed by atoms with Gasteiger partial charge in [-0.2, -0.15) is 0 Å². The van der Waals surface area contributed by atoms with Crippen LogP contribution in [-0.4, -0.2) is 39.1 Å². The van der Waals surface area contributed by atoms with Gasteiger partial charge in [-0.1, -0.05) is 65.2 Å². The van der Waals surface area contributed by atoms with Crippen LogP contribution in [0, 0.1) is 41.5 Å². The fraction of sp³-hybridized carbons (Fsp3) is 0.244. The second-order valence-corrected chi connectivity index (χ2v) is 12.7. The molecule has 0 amide bonds. The lowest BCUT2D eigenvalue weighted by Crippen LogP contribution is -2.32. The average Bonchev–Trinajstić information content (AvgIpc) is 3.67. The largest absolute Gasteiger partial charge is 0.307 e. The van der Waals surface area contributed by atoms with E-state index in [4.69, 9.17) is 0 Å². The summed E-state index contributed by atoms with van der Waals surface area (Å²) < 4.78 is 0. The molecule has 50 heavy (non-hydrogen) atoms. The van der Waals surface area contributed by atoms with E-state index < -0.39 is 0 Å². The van der Waals surface area contributed by atoms with Crippen LogP contribution in [0.5, 0.6) is 0 Å². The molecule has 0 spiro atoms. The Labute approximate surface area is 297 Å². The topological polar surface area (TPSA) is 93.3 Å². The van der Waals surface area contributed by atoms with Crippen molar-refractivity contribution in [3.05, 3.63) is 149 Å². The number of rotatable bonds is 0. The smallest absolute Gasteiger partial charge is 0.116 e. The Morgan fingerprint density at radius 1 is 0.500 bits per heavy atom. The summed E-state index contributed by atoms with van der Waals surface area (Å²) in [7, 11) is 3.87. The van der Waals surface area contributed by atoms with Gasteiger partial charge >= 0.3 is 0 Å². The first kappa shape index (κ1) is 37.3. The van der Waals surface area contributed by atoms with Gasteiger partial charge in [0.05, 0.1) is 11.0 Å². The van der Waals surface area contributed by atoms with Crippen molar-refractivity contribution in [2.45, 2.75) is 55.4 Å². The number of pyridine rings is 1. The van der Waals surface area contributed by atoms with Crippen molar-refractivity contribution in [1.82, 2.24) is 46.9 Å². The van der Waals surface area contributed by atoms with Gasteiger partial charge in [-0.25, -0.2) is 9.97 Å². The molecule has 4 N–H and O–H groups in total. The molecule has 9 heteroatoms. The number of hydrogen-bond acceptors (Lipinski definition) is 9. The highest BCUT2D eigenvalue weighted by Crippen LogP contribution is 2.19. The highest BCUT2D eigenvalue weighted by molar-refractivity contribution is 5.86. The lowest BCUT2D eigenvalue weighted by atomic mass is 10.0. The van der Waals surface area contributed by atoms with E-state index >= 15 is 0 Å². The zero-order chi connectivity index (χ0) is 36.2. The normalized spacial score (nSPS) is 12.9. The second kappa shape index (κ2) is 17.8. The van der Waals surface area contributed by atoms with Crippen LogP contribution in [0.3, 0.4) is 0 Å². The van der Waals surface area contributed by atoms with Crippen molar-refractivity contribution in [2.75, 3.05) is 14.1 Å². The summed E-state index contributed by atoms with van der Waals surface area (Å²) in [5.74, 6) is 0. The van der Waals surface area contributed by atoms with Crippen molar-refractivity contribution >= 4 is 32.6 Å². The van der Waals surface area contributed by atoms with E-state index in [1.54, 1.807) is 6.33 Å². The van der Waals surface area contributed by atoms with Gasteiger partial charge in [0, 0.05) is 60.6 Å². The average molecular weight is 670 g/mol. The second-order valence-electron chi connectivity index (χ2n) is 12.7. The summed E-state index contributed by atoms with van der Waals surface area (Å²) in [5, 5.41) is 8.83. The number of nitrogens with zero attached hydrogens (tertiary/aromatic N) is 5. The van der Waals surface area contributed by atoms with Crippen LogP contribution in [0.4, 0.5) is 0 Å². The van der Waals surface area contributed by atoms with Gasteiger partial charge in [0.25, 0.3) is 0 Å². The maximum Gasteiger partial charge on any atom is 0.116 e. The van der Waals surface area contributed by atoms with Crippen LogP contribution in [0.1, 0.15) is 47.4 Å². The van der Waals surface area contributed by atoms with Crippen LogP contribution >= 0.6 is 0 Å². The van der Waals surface area contributed by atoms with Crippen molar-refractivity contribution < 1.29 is 0 Å². The van der Waals surface area contributed by atoms with Gasteiger partial charge < -0.3 is 10.9 Å². The van der Waals surface area contributed by atoms with E-state index in [-0.39, 0.29) is 0 Å². The Morgan fingerprint density at radius 2 is 1.02 bits per heavy atom. The van der Waals surface area contributed by atoms with Gasteiger partial charge in [-0.15, -0.1) is 11.1 Å². The Hall–Kier alpha value is -5.51. The molecule has 4 aromatic carbocycles. The van der Waals surface area contributed by atoms with Gasteiger partial charge in [0.1, 0.15) is 6.33 Å². The maximum atomic E-state index is 4.28. The van der Waals surface area contributed by atoms with Crippen LogP contribution in [-0.2, 0) is 0 Å². The summed E-state index contributed by atoms with van der Waals surface area (Å²) in [6, 6.07) is 27.6. The summed E-state index contributed by atoms with van der Waals surface area (Å²) in [6.45, 7) is 16.6. The zero-order valence-electron chi connectivity index (χ0n) is 31.1. The predicted octanol–water partition coefficient (Wildman–Crippen LogP) is 8.16. The van der Waals surface area contributed by atoms with E-state index in [1.807, 2.05) is 75.6 Å². The minimum atomic E-state index is 1.02. The molecule has 4 heterocycles. The van der Waals surface area contributed by atoms with Gasteiger partial charge in [0.15, 0.2) is 0 Å². The first-order chi connectivity index (χ1) is 23.9. The first-order valence-electron chi connectivity index (χ1n) is 16.7. The summed E-state index contributed by atoms with van der Waals surface area (Å²) in [6.07, 6.45) is 7.40. The van der Waals surface area contributed by atoms with E-state index in [0.29, 0.717) is 0 Å². The highest BCUT2D eigenvalue weighted by atomic mass is 15.7. The molecular formula is C41H51N9. The highest BCUT2D eigenvalue weighted by Gasteiger charge is 2.00. The molecule has 6 aromatic rings. The third-order valence-corrected chi connectivity index (χ3v) is 7.99. The molecule has 2 aliphatic rings. The minimum absolute atomic E-state index is 1.02. The molecule has 9 nitrogen and oxygen atoms in total. The lowest BCUT2D eigenvalue weighted by Gasteiger charge is -2.04. The fourth-order valence-corrected chi connectivity index (χ4v) is 5.30. The number of benzene rings is 4. The Bertz CT molecular complexity index is 1880. The number of nitrogens with one attached hydrogen (secondary N) is 4. The number of aromatic nitrogens is 3. The van der Waals surface area contributed by atoms with Crippen molar-refractivity contribution in [1.29, 1.82) is 0 Å². The molecule has 0 saturated heterocycles. The quantitative estimate of drug-likeness (QED) is 0.128. The van der Waals surface area contributed by atoms with Crippen LogP contribution in [0.25, 0.3) is 32.6 Å². The Balaban J connectivity index is 0.000000143. The molecule has 0 atom stereocenters. The number of hydrogen-bond donors (Lipinski definition) is 4. The van der Waals surface area contributed by atoms with Crippen molar-refractivity contribution in [3.63, 3.8) is 0 Å². The molecule has 2 aromatic heterocycles. The molecule has 0 aliphatic carbocycles. The lowest BCUT2D eigenvalue weighted by molar-refractivity contribution is 0.327. The summed E-state index contributed by atoms with van der Waals surface area (Å²) >= 11 is 0. The molecule has 260 valence electrons. The van der Waals surface area contributed by atoms with Gasteiger partial charge in [-0.05, 0) is 108 Å². The van der Waals surface area contributed by atoms with Crippen LogP contribution < -0.4 is 21.9 Å². The molecule has 2 aliphatic heterocycles. The number of hydrazine groups is 4. The molecule has 0 bridgehead atoms. The molecule has 0 unspecified atom stereocenters. The van der Waals surface area contributed by atoms with Crippen LogP contribution in [0.2, 0.25) is 0 Å². The number of allylic oxidation sites excluding steroid dienone is 2. The van der Waals surface area contributed by atoms with Crippen molar-refractivity contribution in [2.24, 2.45) is 0 Å². The van der Waals surface area contributed by atoms with E-state index in [1.165, 1.54) is 44.0 Å². The molecular weight excluding hydrogens is 619 g/mol. The summed E-state index contributed by atoms with van der Waals surface area (Å²) in [5.41, 5.74) is 23.5. The Morgan fingerprint density at radius 3 is 1.56 bits per heavy atom.